The van der Waals surface area contributed by atoms with Crippen molar-refractivity contribution in [2.45, 2.75) is 18.2 Å². The van der Waals surface area contributed by atoms with Gasteiger partial charge in [-0.05, 0) is 17.7 Å². The lowest BCUT2D eigenvalue weighted by Gasteiger charge is -2.06. The molecule has 4 aromatic rings. The molecule has 3 heterocycles. The predicted molar refractivity (Wildman–Crippen MR) is 106 cm³/mol. The smallest absolute Gasteiger partial charge is 0.200 e. The van der Waals surface area contributed by atoms with E-state index in [0.29, 0.717) is 18.1 Å². The van der Waals surface area contributed by atoms with Crippen LogP contribution in [0.15, 0.2) is 83.3 Å². The van der Waals surface area contributed by atoms with Crippen LogP contribution in [0.4, 0.5) is 0 Å². The van der Waals surface area contributed by atoms with Crippen molar-refractivity contribution >= 4 is 11.8 Å². The van der Waals surface area contributed by atoms with Gasteiger partial charge in [0.1, 0.15) is 0 Å². The molecule has 7 heteroatoms. The van der Waals surface area contributed by atoms with Crippen LogP contribution in [-0.4, -0.2) is 30.3 Å². The number of aromatic nitrogens is 5. The van der Waals surface area contributed by atoms with E-state index in [0.717, 1.165) is 23.0 Å². The van der Waals surface area contributed by atoms with Crippen LogP contribution < -0.4 is 0 Å². The van der Waals surface area contributed by atoms with Gasteiger partial charge in [-0.25, -0.2) is 0 Å². The van der Waals surface area contributed by atoms with Crippen molar-refractivity contribution in [1.82, 2.24) is 24.5 Å². The zero-order valence-electron chi connectivity index (χ0n) is 14.7. The van der Waals surface area contributed by atoms with Gasteiger partial charge in [0, 0.05) is 24.1 Å². The van der Waals surface area contributed by atoms with E-state index in [1.54, 1.807) is 18.0 Å². The quantitative estimate of drug-likeness (QED) is 0.337. The average molecular weight is 377 g/mol. The summed E-state index contributed by atoms with van der Waals surface area (Å²) in [5.41, 5.74) is 2.29. The monoisotopic (exact) mass is 377 g/mol. The summed E-state index contributed by atoms with van der Waals surface area (Å²) >= 11 is 1.64. The molecular formula is C20H19N5OS. The molecule has 0 bridgehead atoms. The first-order valence-electron chi connectivity index (χ1n) is 8.64. The van der Waals surface area contributed by atoms with E-state index in [1.807, 2.05) is 51.9 Å². The summed E-state index contributed by atoms with van der Waals surface area (Å²) in [4.78, 5) is 0. The number of aryl methyl sites for hydroxylation is 1. The van der Waals surface area contributed by atoms with Gasteiger partial charge in [0.05, 0.1) is 19.0 Å². The summed E-state index contributed by atoms with van der Waals surface area (Å²) in [6, 6.07) is 14.0. The Morgan fingerprint density at radius 3 is 2.74 bits per heavy atom. The molecular weight excluding hydrogens is 358 g/mol. The van der Waals surface area contributed by atoms with Gasteiger partial charge in [0.15, 0.2) is 10.9 Å². The first-order valence-corrected chi connectivity index (χ1v) is 9.62. The first-order chi connectivity index (χ1) is 13.3. The number of hydrogen-bond acceptors (Lipinski definition) is 5. The van der Waals surface area contributed by atoms with Crippen molar-refractivity contribution in [3.8, 4) is 22.7 Å². The first kappa shape index (κ1) is 17.4. The SMILES string of the molecule is C=CCn1c(SCCn2cc(-c3ccccc3)cn2)nnc1-c1ccco1. The maximum absolute atomic E-state index is 5.46. The third kappa shape index (κ3) is 3.88. The lowest BCUT2D eigenvalue weighted by atomic mass is 10.1. The normalized spacial score (nSPS) is 11.0. The van der Waals surface area contributed by atoms with Crippen molar-refractivity contribution in [3.63, 3.8) is 0 Å². The topological polar surface area (TPSA) is 61.7 Å². The standard InChI is InChI=1S/C20H19N5OS/c1-2-10-25-19(18-9-6-12-26-18)22-23-20(25)27-13-11-24-15-17(14-21-24)16-7-4-3-5-8-16/h2-9,12,14-15H,1,10-11,13H2. The van der Waals surface area contributed by atoms with Gasteiger partial charge < -0.3 is 4.42 Å². The van der Waals surface area contributed by atoms with Crippen LogP contribution in [0.2, 0.25) is 0 Å². The fraction of sp³-hybridized carbons (Fsp3) is 0.150. The summed E-state index contributed by atoms with van der Waals surface area (Å²) in [6.45, 7) is 5.24. The van der Waals surface area contributed by atoms with Gasteiger partial charge in [0.2, 0.25) is 5.82 Å². The molecule has 0 fully saturated rings. The molecule has 136 valence electrons. The van der Waals surface area contributed by atoms with Gasteiger partial charge in [-0.2, -0.15) is 5.10 Å². The number of allylic oxidation sites excluding steroid dienone is 1. The second kappa shape index (κ2) is 8.09. The van der Waals surface area contributed by atoms with Gasteiger partial charge >= 0.3 is 0 Å². The average Bonchev–Trinajstić information content (AvgIpc) is 3.44. The Kier molecular flexibility index (Phi) is 5.20. The van der Waals surface area contributed by atoms with Gasteiger partial charge in [-0.3, -0.25) is 9.25 Å². The molecule has 0 N–H and O–H groups in total. The molecule has 0 spiro atoms. The molecule has 4 rings (SSSR count). The third-order valence-electron chi connectivity index (χ3n) is 4.06. The van der Waals surface area contributed by atoms with Crippen LogP contribution in [-0.2, 0) is 13.1 Å². The van der Waals surface area contributed by atoms with E-state index >= 15 is 0 Å². The molecule has 0 unspecified atom stereocenters. The maximum Gasteiger partial charge on any atom is 0.200 e. The second-order valence-electron chi connectivity index (χ2n) is 5.89. The minimum Gasteiger partial charge on any atom is -0.461 e. The van der Waals surface area contributed by atoms with Gasteiger partial charge in [0.25, 0.3) is 0 Å². The molecule has 0 atom stereocenters. The molecule has 6 nitrogen and oxygen atoms in total. The lowest BCUT2D eigenvalue weighted by Crippen LogP contribution is -2.03. The van der Waals surface area contributed by atoms with Crippen molar-refractivity contribution in [3.05, 3.63) is 73.8 Å². The molecule has 3 aromatic heterocycles. The van der Waals surface area contributed by atoms with E-state index in [2.05, 4.69) is 40.2 Å². The zero-order valence-corrected chi connectivity index (χ0v) is 15.5. The van der Waals surface area contributed by atoms with Crippen LogP contribution in [0.3, 0.4) is 0 Å². The molecule has 1 aromatic carbocycles. The van der Waals surface area contributed by atoms with Gasteiger partial charge in [-0.1, -0.05) is 48.2 Å². The fourth-order valence-electron chi connectivity index (χ4n) is 2.77. The van der Waals surface area contributed by atoms with Crippen LogP contribution in [0, 0.1) is 0 Å². The van der Waals surface area contributed by atoms with Crippen molar-refractivity contribution in [1.29, 1.82) is 0 Å². The van der Waals surface area contributed by atoms with Crippen LogP contribution in [0.25, 0.3) is 22.7 Å². The number of furan rings is 1. The number of nitrogens with zero attached hydrogens (tertiary/aromatic N) is 5. The van der Waals surface area contributed by atoms with E-state index in [1.165, 1.54) is 5.56 Å². The van der Waals surface area contributed by atoms with Crippen molar-refractivity contribution in [2.24, 2.45) is 0 Å². The maximum atomic E-state index is 5.46. The van der Waals surface area contributed by atoms with Crippen LogP contribution >= 0.6 is 11.8 Å². The number of thioether (sulfide) groups is 1. The largest absolute Gasteiger partial charge is 0.461 e. The van der Waals surface area contributed by atoms with Gasteiger partial charge in [-0.15, -0.1) is 16.8 Å². The molecule has 0 saturated carbocycles. The molecule has 0 aliphatic heterocycles. The minimum atomic E-state index is 0.630. The zero-order chi connectivity index (χ0) is 18.5. The van der Waals surface area contributed by atoms with E-state index in [9.17, 15) is 0 Å². The summed E-state index contributed by atoms with van der Waals surface area (Å²) in [5, 5.41) is 13.9. The van der Waals surface area contributed by atoms with E-state index in [-0.39, 0.29) is 0 Å². The number of rotatable bonds is 8. The fourth-order valence-corrected chi connectivity index (χ4v) is 3.65. The summed E-state index contributed by atoms with van der Waals surface area (Å²) in [6.07, 6.45) is 7.43. The highest BCUT2D eigenvalue weighted by atomic mass is 32.2. The molecule has 0 saturated heterocycles. The second-order valence-corrected chi connectivity index (χ2v) is 6.95. The highest BCUT2D eigenvalue weighted by Gasteiger charge is 2.15. The Hall–Kier alpha value is -3.06. The Morgan fingerprint density at radius 2 is 1.96 bits per heavy atom. The third-order valence-corrected chi connectivity index (χ3v) is 5.01. The van der Waals surface area contributed by atoms with Crippen LogP contribution in [0.1, 0.15) is 0 Å². The summed E-state index contributed by atoms with van der Waals surface area (Å²) in [7, 11) is 0. The molecule has 0 radical (unpaired) electrons. The molecule has 0 amide bonds. The molecule has 0 aliphatic carbocycles. The Bertz CT molecular complexity index is 1000. The van der Waals surface area contributed by atoms with Crippen LogP contribution in [0.5, 0.6) is 0 Å². The lowest BCUT2D eigenvalue weighted by molar-refractivity contribution is 0.569. The van der Waals surface area contributed by atoms with Crippen molar-refractivity contribution in [2.75, 3.05) is 5.75 Å². The Balaban J connectivity index is 1.42. The van der Waals surface area contributed by atoms with Crippen molar-refractivity contribution < 1.29 is 4.42 Å². The predicted octanol–water partition coefficient (Wildman–Crippen LogP) is 4.38. The number of hydrogen-bond donors (Lipinski definition) is 0. The van der Waals surface area contributed by atoms with E-state index < -0.39 is 0 Å². The molecule has 0 aliphatic rings. The summed E-state index contributed by atoms with van der Waals surface area (Å²) < 4.78 is 9.42. The van der Waals surface area contributed by atoms with E-state index in [4.69, 9.17) is 4.42 Å². The Morgan fingerprint density at radius 1 is 1.07 bits per heavy atom. The number of benzene rings is 1. The summed E-state index contributed by atoms with van der Waals surface area (Å²) in [5.74, 6) is 2.26. The highest BCUT2D eigenvalue weighted by molar-refractivity contribution is 7.99. The molecule has 27 heavy (non-hydrogen) atoms. The Labute approximate surface area is 161 Å². The highest BCUT2D eigenvalue weighted by Crippen LogP contribution is 2.25. The minimum absolute atomic E-state index is 0.630.